The van der Waals surface area contributed by atoms with Crippen molar-refractivity contribution in [2.75, 3.05) is 18.4 Å². The molecular weight excluding hydrogens is 243 g/mol. The third-order valence-corrected chi connectivity index (χ3v) is 2.88. The van der Waals surface area contributed by atoms with Gasteiger partial charge < -0.3 is 10.6 Å². The van der Waals surface area contributed by atoms with Gasteiger partial charge in [-0.05, 0) is 31.2 Å². The number of benzene rings is 1. The summed E-state index contributed by atoms with van der Waals surface area (Å²) >= 11 is 0. The molecule has 1 atom stereocenters. The highest BCUT2D eigenvalue weighted by Gasteiger charge is 2.34. The highest BCUT2D eigenvalue weighted by atomic mass is 19.4. The van der Waals surface area contributed by atoms with Gasteiger partial charge in [0.15, 0.2) is 0 Å². The Morgan fingerprint density at radius 3 is 2.72 bits per heavy atom. The Morgan fingerprint density at radius 1 is 1.39 bits per heavy atom. The van der Waals surface area contributed by atoms with Crippen molar-refractivity contribution in [2.45, 2.75) is 18.6 Å². The number of hydrogen-bond donors (Lipinski definition) is 2. The van der Waals surface area contributed by atoms with Crippen LogP contribution in [-0.2, 0) is 6.18 Å². The molecule has 0 aliphatic carbocycles. The molecule has 1 saturated heterocycles. The van der Waals surface area contributed by atoms with Gasteiger partial charge in [0.25, 0.3) is 0 Å². The summed E-state index contributed by atoms with van der Waals surface area (Å²) in [6, 6.07) is 5.41. The normalized spacial score (nSPS) is 19.6. The van der Waals surface area contributed by atoms with E-state index < -0.39 is 11.7 Å². The van der Waals surface area contributed by atoms with Crippen LogP contribution in [0.15, 0.2) is 18.2 Å². The predicted octanol–water partition coefficient (Wildman–Crippen LogP) is 2.35. The molecule has 0 saturated carbocycles. The van der Waals surface area contributed by atoms with E-state index in [-0.39, 0.29) is 11.6 Å². The van der Waals surface area contributed by atoms with Gasteiger partial charge in [-0.3, -0.25) is 0 Å². The monoisotopic (exact) mass is 255 g/mol. The van der Waals surface area contributed by atoms with Gasteiger partial charge in [0.2, 0.25) is 0 Å². The standard InChI is InChI=1S/C12H12F3N3/c13-12(14,15)11-5-9(2-1-8(11)6-16)18-10-3-4-17-7-10/h1-2,5,10,17-18H,3-4,7H2. The van der Waals surface area contributed by atoms with Crippen molar-refractivity contribution in [2.24, 2.45) is 0 Å². The van der Waals surface area contributed by atoms with E-state index in [9.17, 15) is 13.2 Å². The van der Waals surface area contributed by atoms with Crippen LogP contribution in [0, 0.1) is 11.3 Å². The number of nitriles is 1. The lowest BCUT2D eigenvalue weighted by Crippen LogP contribution is -2.22. The molecule has 0 amide bonds. The predicted molar refractivity (Wildman–Crippen MR) is 61.1 cm³/mol. The van der Waals surface area contributed by atoms with Crippen molar-refractivity contribution < 1.29 is 13.2 Å². The zero-order valence-corrected chi connectivity index (χ0v) is 9.51. The lowest BCUT2D eigenvalue weighted by Gasteiger charge is -2.15. The van der Waals surface area contributed by atoms with Crippen LogP contribution in [0.25, 0.3) is 0 Å². The van der Waals surface area contributed by atoms with Gasteiger partial charge in [-0.15, -0.1) is 0 Å². The summed E-state index contributed by atoms with van der Waals surface area (Å²) in [4.78, 5) is 0. The van der Waals surface area contributed by atoms with Gasteiger partial charge in [-0.2, -0.15) is 18.4 Å². The van der Waals surface area contributed by atoms with Crippen molar-refractivity contribution in [1.29, 1.82) is 5.26 Å². The summed E-state index contributed by atoms with van der Waals surface area (Å²) in [5, 5.41) is 14.8. The molecule has 0 spiro atoms. The maximum atomic E-state index is 12.7. The molecule has 6 heteroatoms. The molecule has 1 aliphatic rings. The summed E-state index contributed by atoms with van der Waals surface area (Å²) in [5.74, 6) is 0. The summed E-state index contributed by atoms with van der Waals surface area (Å²) in [5.41, 5.74) is -0.839. The molecule has 1 aromatic carbocycles. The number of anilines is 1. The summed E-state index contributed by atoms with van der Waals surface area (Å²) in [6.07, 6.45) is -3.63. The van der Waals surface area contributed by atoms with E-state index in [1.807, 2.05) is 0 Å². The summed E-state index contributed by atoms with van der Waals surface area (Å²) in [7, 11) is 0. The van der Waals surface area contributed by atoms with Crippen LogP contribution in [0.3, 0.4) is 0 Å². The molecule has 0 radical (unpaired) electrons. The molecular formula is C12H12F3N3. The van der Waals surface area contributed by atoms with Crippen LogP contribution < -0.4 is 10.6 Å². The first-order valence-corrected chi connectivity index (χ1v) is 5.59. The van der Waals surface area contributed by atoms with Crippen LogP contribution in [0.5, 0.6) is 0 Å². The highest BCUT2D eigenvalue weighted by Crippen LogP contribution is 2.33. The Balaban J connectivity index is 2.25. The Bertz CT molecular complexity index is 470. The van der Waals surface area contributed by atoms with Crippen molar-refractivity contribution in [3.63, 3.8) is 0 Å². The molecule has 96 valence electrons. The molecule has 1 unspecified atom stereocenters. The molecule has 0 bridgehead atoms. The summed E-state index contributed by atoms with van der Waals surface area (Å²) in [6.45, 7) is 1.60. The first-order chi connectivity index (χ1) is 8.50. The average Bonchev–Trinajstić information content (AvgIpc) is 2.80. The molecule has 2 rings (SSSR count). The topological polar surface area (TPSA) is 47.9 Å². The quantitative estimate of drug-likeness (QED) is 0.852. The van der Waals surface area contributed by atoms with E-state index in [1.165, 1.54) is 12.1 Å². The van der Waals surface area contributed by atoms with Crippen molar-refractivity contribution in [3.05, 3.63) is 29.3 Å². The number of rotatable bonds is 2. The van der Waals surface area contributed by atoms with Crippen LogP contribution in [0.2, 0.25) is 0 Å². The van der Waals surface area contributed by atoms with Gasteiger partial charge in [0.05, 0.1) is 17.2 Å². The second-order valence-corrected chi connectivity index (χ2v) is 4.20. The molecule has 3 nitrogen and oxygen atoms in total. The lowest BCUT2D eigenvalue weighted by molar-refractivity contribution is -0.137. The average molecular weight is 255 g/mol. The molecule has 18 heavy (non-hydrogen) atoms. The fourth-order valence-corrected chi connectivity index (χ4v) is 1.98. The van der Waals surface area contributed by atoms with Crippen molar-refractivity contribution in [3.8, 4) is 6.07 Å². The van der Waals surface area contributed by atoms with Gasteiger partial charge >= 0.3 is 6.18 Å². The van der Waals surface area contributed by atoms with Gasteiger partial charge in [-0.1, -0.05) is 0 Å². The second kappa shape index (κ2) is 4.86. The number of nitrogens with zero attached hydrogens (tertiary/aromatic N) is 1. The van der Waals surface area contributed by atoms with E-state index in [0.29, 0.717) is 5.69 Å². The first kappa shape index (κ1) is 12.7. The highest BCUT2D eigenvalue weighted by molar-refractivity contribution is 5.53. The zero-order valence-electron chi connectivity index (χ0n) is 9.51. The SMILES string of the molecule is N#Cc1ccc(NC2CCNC2)cc1C(F)(F)F. The van der Waals surface area contributed by atoms with E-state index in [0.717, 1.165) is 25.6 Å². The smallest absolute Gasteiger partial charge is 0.381 e. The Hall–Kier alpha value is -1.74. The van der Waals surface area contributed by atoms with Crippen molar-refractivity contribution >= 4 is 5.69 Å². The van der Waals surface area contributed by atoms with Gasteiger partial charge in [0, 0.05) is 18.3 Å². The molecule has 1 aliphatic heterocycles. The first-order valence-electron chi connectivity index (χ1n) is 5.59. The molecule has 2 N–H and O–H groups in total. The second-order valence-electron chi connectivity index (χ2n) is 4.20. The van der Waals surface area contributed by atoms with Gasteiger partial charge in [0.1, 0.15) is 0 Å². The molecule has 1 fully saturated rings. The van der Waals surface area contributed by atoms with Gasteiger partial charge in [-0.25, -0.2) is 0 Å². The van der Waals surface area contributed by atoms with Crippen LogP contribution in [-0.4, -0.2) is 19.1 Å². The van der Waals surface area contributed by atoms with E-state index in [2.05, 4.69) is 10.6 Å². The Kier molecular flexibility index (Phi) is 3.43. The number of halogens is 3. The zero-order chi connectivity index (χ0) is 13.2. The minimum Gasteiger partial charge on any atom is -0.381 e. The third-order valence-electron chi connectivity index (χ3n) is 2.88. The van der Waals surface area contributed by atoms with E-state index >= 15 is 0 Å². The lowest BCUT2D eigenvalue weighted by atomic mass is 10.1. The fraction of sp³-hybridized carbons (Fsp3) is 0.417. The largest absolute Gasteiger partial charge is 0.417 e. The third kappa shape index (κ3) is 2.74. The molecule has 1 heterocycles. The number of alkyl halides is 3. The minimum atomic E-state index is -4.50. The Labute approximate surface area is 103 Å². The van der Waals surface area contributed by atoms with Crippen molar-refractivity contribution in [1.82, 2.24) is 5.32 Å². The maximum absolute atomic E-state index is 12.7. The van der Waals surface area contributed by atoms with Crippen LogP contribution >= 0.6 is 0 Å². The molecule has 0 aromatic heterocycles. The van der Waals surface area contributed by atoms with E-state index in [1.54, 1.807) is 6.07 Å². The van der Waals surface area contributed by atoms with Crippen LogP contribution in [0.1, 0.15) is 17.5 Å². The Morgan fingerprint density at radius 2 is 2.17 bits per heavy atom. The fourth-order valence-electron chi connectivity index (χ4n) is 1.98. The maximum Gasteiger partial charge on any atom is 0.417 e. The van der Waals surface area contributed by atoms with E-state index in [4.69, 9.17) is 5.26 Å². The minimum absolute atomic E-state index is 0.138. The van der Waals surface area contributed by atoms with Crippen LogP contribution in [0.4, 0.5) is 18.9 Å². The number of hydrogen-bond acceptors (Lipinski definition) is 3. The molecule has 1 aromatic rings. The summed E-state index contributed by atoms with van der Waals surface area (Å²) < 4.78 is 38.2. The number of nitrogens with one attached hydrogen (secondary N) is 2.